The molecule has 2 aromatic carbocycles. The fourth-order valence-corrected chi connectivity index (χ4v) is 3.20. The molecule has 0 fully saturated rings. The number of ether oxygens (including phenoxy) is 2. The van der Waals surface area contributed by atoms with Crippen molar-refractivity contribution in [3.63, 3.8) is 0 Å². The Morgan fingerprint density at radius 2 is 1.57 bits per heavy atom. The molecular weight excluding hydrogens is 352 g/mol. The van der Waals surface area contributed by atoms with E-state index in [1.54, 1.807) is 14.2 Å². The van der Waals surface area contributed by atoms with E-state index < -0.39 is 0 Å². The van der Waals surface area contributed by atoms with Gasteiger partial charge in [-0.1, -0.05) is 12.1 Å². The van der Waals surface area contributed by atoms with Gasteiger partial charge in [0.25, 0.3) is 0 Å². The summed E-state index contributed by atoms with van der Waals surface area (Å²) in [5, 5.41) is 8.69. The van der Waals surface area contributed by atoms with Gasteiger partial charge in [-0.05, 0) is 53.6 Å². The van der Waals surface area contributed by atoms with Crippen LogP contribution in [0.3, 0.4) is 0 Å². The Balaban J connectivity index is 1.82. The van der Waals surface area contributed by atoms with Crippen molar-refractivity contribution in [3.8, 4) is 34.0 Å². The molecule has 2 heterocycles. The lowest BCUT2D eigenvalue weighted by molar-refractivity contribution is 0.355. The molecular formula is C22H22N4O2. The van der Waals surface area contributed by atoms with E-state index in [4.69, 9.17) is 9.47 Å². The molecule has 0 aliphatic rings. The summed E-state index contributed by atoms with van der Waals surface area (Å²) in [5.41, 5.74) is 5.08. The Morgan fingerprint density at radius 1 is 0.786 bits per heavy atom. The van der Waals surface area contributed by atoms with Crippen LogP contribution < -0.4 is 14.4 Å². The summed E-state index contributed by atoms with van der Waals surface area (Å²) in [6, 6.07) is 18.2. The normalized spacial score (nSPS) is 10.9. The van der Waals surface area contributed by atoms with Gasteiger partial charge in [0, 0.05) is 31.5 Å². The van der Waals surface area contributed by atoms with Gasteiger partial charge in [0.05, 0.1) is 14.2 Å². The van der Waals surface area contributed by atoms with E-state index >= 15 is 0 Å². The van der Waals surface area contributed by atoms with Crippen LogP contribution in [0.15, 0.2) is 60.8 Å². The topological polar surface area (TPSA) is 51.9 Å². The van der Waals surface area contributed by atoms with Crippen molar-refractivity contribution >= 4 is 11.3 Å². The molecule has 4 aromatic rings. The Hall–Kier alpha value is -3.54. The number of fused-ring (bicyclic) bond motifs is 1. The van der Waals surface area contributed by atoms with Crippen LogP contribution in [-0.2, 0) is 0 Å². The molecule has 6 heteroatoms. The number of benzene rings is 2. The average Bonchev–Trinajstić information content (AvgIpc) is 3.16. The van der Waals surface area contributed by atoms with Crippen LogP contribution in [0.25, 0.3) is 28.2 Å². The van der Waals surface area contributed by atoms with Crippen molar-refractivity contribution in [2.75, 3.05) is 33.2 Å². The zero-order valence-corrected chi connectivity index (χ0v) is 16.4. The molecule has 0 N–H and O–H groups in total. The molecule has 0 saturated heterocycles. The lowest BCUT2D eigenvalue weighted by Crippen LogP contribution is -2.08. The van der Waals surface area contributed by atoms with E-state index in [0.717, 1.165) is 33.8 Å². The highest BCUT2D eigenvalue weighted by Gasteiger charge is 2.13. The minimum atomic E-state index is 0.659. The molecule has 0 radical (unpaired) electrons. The first-order chi connectivity index (χ1) is 13.6. The third-order valence-electron chi connectivity index (χ3n) is 4.74. The minimum absolute atomic E-state index is 0.659. The first-order valence-electron chi connectivity index (χ1n) is 8.95. The average molecular weight is 374 g/mol. The molecule has 28 heavy (non-hydrogen) atoms. The molecule has 0 saturated carbocycles. The summed E-state index contributed by atoms with van der Waals surface area (Å²) in [6.07, 6.45) is 2.07. The molecule has 2 aromatic heterocycles. The first kappa shape index (κ1) is 17.9. The minimum Gasteiger partial charge on any atom is -0.493 e. The molecule has 0 bridgehead atoms. The number of pyridine rings is 1. The van der Waals surface area contributed by atoms with Gasteiger partial charge < -0.3 is 14.4 Å². The third kappa shape index (κ3) is 3.13. The molecule has 0 spiro atoms. The number of anilines is 1. The van der Waals surface area contributed by atoms with Crippen molar-refractivity contribution in [2.24, 2.45) is 0 Å². The number of hydrogen-bond donors (Lipinski definition) is 0. The SMILES string of the molecule is COc1ccc(-c2nnc3ccc(-c4cccc(N(C)C)c4)cn23)cc1OC. The predicted molar refractivity (Wildman–Crippen MR) is 111 cm³/mol. The van der Waals surface area contributed by atoms with Crippen LogP contribution in [0.4, 0.5) is 5.69 Å². The summed E-state index contributed by atoms with van der Waals surface area (Å²) < 4.78 is 12.8. The van der Waals surface area contributed by atoms with Crippen LogP contribution in [0.2, 0.25) is 0 Å². The second-order valence-electron chi connectivity index (χ2n) is 6.68. The predicted octanol–water partition coefficient (Wildman–Crippen LogP) is 4.15. The summed E-state index contributed by atoms with van der Waals surface area (Å²) in [7, 11) is 7.33. The van der Waals surface area contributed by atoms with E-state index in [9.17, 15) is 0 Å². The maximum atomic E-state index is 5.43. The number of nitrogens with zero attached hydrogens (tertiary/aromatic N) is 4. The van der Waals surface area contributed by atoms with Crippen LogP contribution in [0.1, 0.15) is 0 Å². The number of aromatic nitrogens is 3. The Bertz CT molecular complexity index is 1130. The summed E-state index contributed by atoms with van der Waals surface area (Å²) in [5.74, 6) is 2.09. The van der Waals surface area contributed by atoms with Crippen LogP contribution in [0, 0.1) is 0 Å². The summed E-state index contributed by atoms with van der Waals surface area (Å²) in [6.45, 7) is 0. The van der Waals surface area contributed by atoms with Crippen LogP contribution in [0.5, 0.6) is 11.5 Å². The van der Waals surface area contributed by atoms with Crippen molar-refractivity contribution in [3.05, 3.63) is 60.8 Å². The fourth-order valence-electron chi connectivity index (χ4n) is 3.20. The van der Waals surface area contributed by atoms with E-state index in [0.29, 0.717) is 11.5 Å². The fraction of sp³-hybridized carbons (Fsp3) is 0.182. The van der Waals surface area contributed by atoms with Gasteiger partial charge in [0.15, 0.2) is 23.0 Å². The van der Waals surface area contributed by atoms with Gasteiger partial charge in [-0.3, -0.25) is 4.40 Å². The summed E-state index contributed by atoms with van der Waals surface area (Å²) in [4.78, 5) is 2.09. The van der Waals surface area contributed by atoms with E-state index in [1.807, 2.05) is 42.8 Å². The van der Waals surface area contributed by atoms with Gasteiger partial charge in [0.2, 0.25) is 0 Å². The van der Waals surface area contributed by atoms with Crippen molar-refractivity contribution in [2.45, 2.75) is 0 Å². The molecule has 4 rings (SSSR count). The zero-order valence-electron chi connectivity index (χ0n) is 16.4. The van der Waals surface area contributed by atoms with Gasteiger partial charge in [0.1, 0.15) is 0 Å². The maximum absolute atomic E-state index is 5.43. The monoisotopic (exact) mass is 374 g/mol. The Labute approximate surface area is 164 Å². The molecule has 0 aliphatic carbocycles. The highest BCUT2D eigenvalue weighted by Crippen LogP contribution is 2.32. The van der Waals surface area contributed by atoms with Crippen molar-refractivity contribution in [1.82, 2.24) is 14.6 Å². The maximum Gasteiger partial charge on any atom is 0.168 e. The number of rotatable bonds is 5. The number of hydrogen-bond acceptors (Lipinski definition) is 5. The van der Waals surface area contributed by atoms with Crippen LogP contribution in [-0.4, -0.2) is 42.9 Å². The molecule has 6 nitrogen and oxygen atoms in total. The van der Waals surface area contributed by atoms with Gasteiger partial charge in [-0.2, -0.15) is 0 Å². The third-order valence-corrected chi connectivity index (χ3v) is 4.74. The van der Waals surface area contributed by atoms with Crippen molar-refractivity contribution in [1.29, 1.82) is 0 Å². The number of methoxy groups -OCH3 is 2. The first-order valence-corrected chi connectivity index (χ1v) is 8.95. The standard InChI is InChI=1S/C22H22N4O2/c1-25(2)18-7-5-6-15(12-18)17-9-11-21-23-24-22(26(21)14-17)16-8-10-19(27-3)20(13-16)28-4/h5-14H,1-4H3. The van der Waals surface area contributed by atoms with E-state index in [-0.39, 0.29) is 0 Å². The molecule has 0 unspecified atom stereocenters. The highest BCUT2D eigenvalue weighted by molar-refractivity contribution is 5.71. The largest absolute Gasteiger partial charge is 0.493 e. The highest BCUT2D eigenvalue weighted by atomic mass is 16.5. The molecule has 0 aliphatic heterocycles. The smallest absolute Gasteiger partial charge is 0.168 e. The van der Waals surface area contributed by atoms with E-state index in [1.165, 1.54) is 0 Å². The molecule has 0 atom stereocenters. The van der Waals surface area contributed by atoms with Crippen LogP contribution >= 0.6 is 0 Å². The lowest BCUT2D eigenvalue weighted by Gasteiger charge is -2.14. The van der Waals surface area contributed by atoms with Gasteiger partial charge in [-0.25, -0.2) is 0 Å². The van der Waals surface area contributed by atoms with Crippen molar-refractivity contribution < 1.29 is 9.47 Å². The second kappa shape index (κ2) is 7.23. The molecule has 142 valence electrons. The quantitative estimate of drug-likeness (QED) is 0.525. The zero-order chi connectivity index (χ0) is 19.7. The second-order valence-corrected chi connectivity index (χ2v) is 6.68. The lowest BCUT2D eigenvalue weighted by atomic mass is 10.1. The molecule has 0 amide bonds. The summed E-state index contributed by atoms with van der Waals surface area (Å²) >= 11 is 0. The Morgan fingerprint density at radius 3 is 2.32 bits per heavy atom. The van der Waals surface area contributed by atoms with E-state index in [2.05, 4.69) is 51.6 Å². The Kier molecular flexibility index (Phi) is 4.61. The van der Waals surface area contributed by atoms with Gasteiger partial charge in [-0.15, -0.1) is 10.2 Å². The van der Waals surface area contributed by atoms with Gasteiger partial charge >= 0.3 is 0 Å².